The predicted octanol–water partition coefficient (Wildman–Crippen LogP) is 6.05. The van der Waals surface area contributed by atoms with Crippen molar-refractivity contribution in [2.75, 3.05) is 5.32 Å². The number of hydrogen-bond donors (Lipinski definition) is 2. The van der Waals surface area contributed by atoms with Gasteiger partial charge in [-0.2, -0.15) is 5.10 Å². The lowest BCUT2D eigenvalue weighted by molar-refractivity contribution is 0.0955. The first-order chi connectivity index (χ1) is 14.3. The molecule has 0 fully saturated rings. The molecule has 0 heterocycles. The van der Waals surface area contributed by atoms with Gasteiger partial charge in [-0.15, -0.1) is 0 Å². The summed E-state index contributed by atoms with van der Waals surface area (Å²) < 4.78 is 0. The van der Waals surface area contributed by atoms with Crippen molar-refractivity contribution >= 4 is 58.0 Å². The van der Waals surface area contributed by atoms with E-state index < -0.39 is 5.91 Å². The number of hydrazone groups is 1. The number of amides is 2. The van der Waals surface area contributed by atoms with E-state index in [-0.39, 0.29) is 11.5 Å². The first-order valence-electron chi connectivity index (χ1n) is 8.81. The zero-order valence-corrected chi connectivity index (χ0v) is 18.0. The minimum absolute atomic E-state index is 0.269. The quantitative estimate of drug-likeness (QED) is 0.359. The van der Waals surface area contributed by atoms with E-state index in [9.17, 15) is 9.59 Å². The van der Waals surface area contributed by atoms with E-state index in [1.165, 1.54) is 0 Å². The molecule has 0 aromatic heterocycles. The molecule has 0 radical (unpaired) electrons. The number of carbonyl (C=O) groups excluding carboxylic acids is 2. The SMILES string of the molecule is CC(=NNC(=O)c1ccccc1NC(=O)c1ccc(Cl)cc1)c1ccc(Cl)c(Cl)c1. The number of halogens is 3. The van der Waals surface area contributed by atoms with Crippen LogP contribution in [0.25, 0.3) is 0 Å². The van der Waals surface area contributed by atoms with Gasteiger partial charge in [0.2, 0.25) is 0 Å². The third-order valence-corrected chi connectivity index (χ3v) is 5.18. The fourth-order valence-electron chi connectivity index (χ4n) is 2.57. The van der Waals surface area contributed by atoms with E-state index in [4.69, 9.17) is 34.8 Å². The molecule has 0 atom stereocenters. The van der Waals surface area contributed by atoms with Gasteiger partial charge >= 0.3 is 0 Å². The summed E-state index contributed by atoms with van der Waals surface area (Å²) in [6.07, 6.45) is 0. The van der Waals surface area contributed by atoms with Crippen LogP contribution in [0.5, 0.6) is 0 Å². The summed E-state index contributed by atoms with van der Waals surface area (Å²) in [6, 6.07) is 18.2. The van der Waals surface area contributed by atoms with E-state index in [0.717, 1.165) is 0 Å². The van der Waals surface area contributed by atoms with Gasteiger partial charge in [-0.05, 0) is 61.0 Å². The summed E-state index contributed by atoms with van der Waals surface area (Å²) in [6.45, 7) is 1.73. The molecule has 3 rings (SSSR count). The van der Waals surface area contributed by atoms with E-state index >= 15 is 0 Å². The van der Waals surface area contributed by atoms with Crippen LogP contribution in [-0.2, 0) is 0 Å². The van der Waals surface area contributed by atoms with Crippen molar-refractivity contribution < 1.29 is 9.59 Å². The normalized spacial score (nSPS) is 11.1. The molecule has 3 aromatic carbocycles. The fraction of sp³-hybridized carbons (Fsp3) is 0.0455. The van der Waals surface area contributed by atoms with Gasteiger partial charge in [0, 0.05) is 10.6 Å². The van der Waals surface area contributed by atoms with Crippen LogP contribution in [0.15, 0.2) is 71.8 Å². The molecule has 5 nitrogen and oxygen atoms in total. The first kappa shape index (κ1) is 21.8. The summed E-state index contributed by atoms with van der Waals surface area (Å²) in [5.74, 6) is -0.830. The molecular formula is C22H16Cl3N3O2. The van der Waals surface area contributed by atoms with Crippen LogP contribution in [0, 0.1) is 0 Å². The van der Waals surface area contributed by atoms with Crippen LogP contribution in [-0.4, -0.2) is 17.5 Å². The van der Waals surface area contributed by atoms with Gasteiger partial charge in [-0.3, -0.25) is 9.59 Å². The third-order valence-electron chi connectivity index (χ3n) is 4.19. The monoisotopic (exact) mass is 459 g/mol. The molecule has 8 heteroatoms. The molecule has 0 aliphatic heterocycles. The second-order valence-corrected chi connectivity index (χ2v) is 7.52. The summed E-state index contributed by atoms with van der Waals surface area (Å²) in [7, 11) is 0. The number of anilines is 1. The molecule has 3 aromatic rings. The molecule has 0 aliphatic rings. The molecule has 2 amide bonds. The lowest BCUT2D eigenvalue weighted by atomic mass is 10.1. The van der Waals surface area contributed by atoms with Crippen LogP contribution < -0.4 is 10.7 Å². The highest BCUT2D eigenvalue weighted by Gasteiger charge is 2.14. The average Bonchev–Trinajstić information content (AvgIpc) is 2.74. The molecule has 0 bridgehead atoms. The van der Waals surface area contributed by atoms with Crippen LogP contribution in [0.2, 0.25) is 15.1 Å². The standard InChI is InChI=1S/C22H16Cl3N3O2/c1-13(15-8-11-18(24)19(25)12-15)27-28-22(30)17-4-2-3-5-20(17)26-21(29)14-6-9-16(23)10-7-14/h2-12H,1H3,(H,26,29)(H,28,30). The topological polar surface area (TPSA) is 70.6 Å². The van der Waals surface area contributed by atoms with Crippen LogP contribution >= 0.6 is 34.8 Å². The van der Waals surface area contributed by atoms with Crippen molar-refractivity contribution in [3.05, 3.63) is 98.5 Å². The molecule has 2 N–H and O–H groups in total. The van der Waals surface area contributed by atoms with Gasteiger partial charge in [-0.1, -0.05) is 53.0 Å². The number of rotatable bonds is 5. The Labute approximate surface area is 188 Å². The van der Waals surface area contributed by atoms with Gasteiger partial charge in [0.15, 0.2) is 0 Å². The Bertz CT molecular complexity index is 1130. The highest BCUT2D eigenvalue weighted by atomic mass is 35.5. The van der Waals surface area contributed by atoms with E-state index in [1.807, 2.05) is 0 Å². The Balaban J connectivity index is 1.75. The Hall–Kier alpha value is -2.86. The van der Waals surface area contributed by atoms with Gasteiger partial charge < -0.3 is 5.32 Å². The number of hydrogen-bond acceptors (Lipinski definition) is 3. The maximum atomic E-state index is 12.7. The van der Waals surface area contributed by atoms with Crippen LogP contribution in [0.1, 0.15) is 33.2 Å². The van der Waals surface area contributed by atoms with Crippen LogP contribution in [0.4, 0.5) is 5.69 Å². The Morgan fingerprint density at radius 3 is 2.17 bits per heavy atom. The number of carbonyl (C=O) groups is 2. The zero-order valence-electron chi connectivity index (χ0n) is 15.7. The van der Waals surface area contributed by atoms with Crippen molar-refractivity contribution in [1.29, 1.82) is 0 Å². The predicted molar refractivity (Wildman–Crippen MR) is 122 cm³/mol. The third kappa shape index (κ3) is 5.39. The van der Waals surface area contributed by atoms with Crippen molar-refractivity contribution in [2.24, 2.45) is 5.10 Å². The summed E-state index contributed by atoms with van der Waals surface area (Å²) in [5, 5.41) is 8.21. The lowest BCUT2D eigenvalue weighted by Crippen LogP contribution is -2.22. The largest absolute Gasteiger partial charge is 0.321 e. The molecule has 0 saturated heterocycles. The van der Waals surface area contributed by atoms with Crippen molar-refractivity contribution in [3.8, 4) is 0 Å². The molecule has 0 saturated carbocycles. The number of nitrogens with zero attached hydrogens (tertiary/aromatic N) is 1. The van der Waals surface area contributed by atoms with Crippen molar-refractivity contribution in [2.45, 2.75) is 6.92 Å². The molecule has 0 spiro atoms. The minimum Gasteiger partial charge on any atom is -0.321 e. The molecule has 0 unspecified atom stereocenters. The number of benzene rings is 3. The van der Waals surface area contributed by atoms with Crippen molar-refractivity contribution in [3.63, 3.8) is 0 Å². The minimum atomic E-state index is -0.471. The molecular weight excluding hydrogens is 445 g/mol. The van der Waals surface area contributed by atoms with E-state index in [2.05, 4.69) is 15.8 Å². The summed E-state index contributed by atoms with van der Waals surface area (Å²) in [5.41, 5.74) is 4.81. The molecule has 0 aliphatic carbocycles. The van der Waals surface area contributed by atoms with Crippen LogP contribution in [0.3, 0.4) is 0 Å². The molecule has 30 heavy (non-hydrogen) atoms. The first-order valence-corrected chi connectivity index (χ1v) is 9.94. The highest BCUT2D eigenvalue weighted by molar-refractivity contribution is 6.42. The second kappa shape index (κ2) is 9.76. The average molecular weight is 461 g/mol. The smallest absolute Gasteiger partial charge is 0.273 e. The molecule has 152 valence electrons. The van der Waals surface area contributed by atoms with Gasteiger partial charge in [0.25, 0.3) is 11.8 Å². The maximum Gasteiger partial charge on any atom is 0.273 e. The van der Waals surface area contributed by atoms with E-state index in [0.29, 0.717) is 37.6 Å². The van der Waals surface area contributed by atoms with Gasteiger partial charge in [0.1, 0.15) is 0 Å². The Kier molecular flexibility index (Phi) is 7.11. The fourth-order valence-corrected chi connectivity index (χ4v) is 2.99. The Morgan fingerprint density at radius 1 is 0.800 bits per heavy atom. The Morgan fingerprint density at radius 2 is 1.47 bits per heavy atom. The second-order valence-electron chi connectivity index (χ2n) is 6.27. The number of nitrogens with one attached hydrogen (secondary N) is 2. The zero-order chi connectivity index (χ0) is 21.7. The highest BCUT2D eigenvalue weighted by Crippen LogP contribution is 2.23. The van der Waals surface area contributed by atoms with Crippen molar-refractivity contribution in [1.82, 2.24) is 5.43 Å². The summed E-state index contributed by atoms with van der Waals surface area (Å²) in [4.78, 5) is 25.1. The van der Waals surface area contributed by atoms with Gasteiger partial charge in [-0.25, -0.2) is 5.43 Å². The maximum absolute atomic E-state index is 12.7. The van der Waals surface area contributed by atoms with Gasteiger partial charge in [0.05, 0.1) is 27.0 Å². The lowest BCUT2D eigenvalue weighted by Gasteiger charge is -2.10. The number of para-hydroxylation sites is 1. The summed E-state index contributed by atoms with van der Waals surface area (Å²) >= 11 is 17.8. The van der Waals surface area contributed by atoms with E-state index in [1.54, 1.807) is 73.7 Å².